The number of ketones is 1. The summed E-state index contributed by atoms with van der Waals surface area (Å²) in [5.41, 5.74) is 5.65. The van der Waals surface area contributed by atoms with E-state index < -0.39 is 12.0 Å². The molecule has 0 bridgehead atoms. The topological polar surface area (TPSA) is 52.3 Å². The minimum Gasteiger partial charge on any atom is -0.432 e. The molecule has 0 aromatic heterocycles. The second-order valence-corrected chi connectivity index (χ2v) is 3.55. The highest BCUT2D eigenvalue weighted by molar-refractivity contribution is 6.31. The minimum absolute atomic E-state index is 0.0182. The van der Waals surface area contributed by atoms with Crippen molar-refractivity contribution >= 4 is 23.1 Å². The van der Waals surface area contributed by atoms with Gasteiger partial charge in [0.1, 0.15) is 5.38 Å². The average molecular weight is 250 g/mol. The summed E-state index contributed by atoms with van der Waals surface area (Å²) in [6, 6.07) is 4.33. The minimum atomic E-state index is -3.01. The zero-order valence-electron chi connectivity index (χ0n) is 8.41. The number of carbonyl (C=O) groups excluding carboxylic acids is 1. The number of hydrogen-bond donors (Lipinski definition) is 1. The van der Waals surface area contributed by atoms with Gasteiger partial charge in [-0.15, -0.1) is 11.6 Å². The number of nitrogen functional groups attached to an aromatic ring is 1. The van der Waals surface area contributed by atoms with Crippen molar-refractivity contribution in [1.29, 1.82) is 0 Å². The van der Waals surface area contributed by atoms with Crippen LogP contribution in [-0.2, 0) is 4.79 Å². The number of rotatable bonds is 4. The van der Waals surface area contributed by atoms with Gasteiger partial charge in [0.15, 0.2) is 11.5 Å². The van der Waals surface area contributed by atoms with Crippen molar-refractivity contribution in [3.05, 3.63) is 23.8 Å². The van der Waals surface area contributed by atoms with E-state index >= 15 is 0 Å². The molecular weight excluding hydrogens is 240 g/mol. The van der Waals surface area contributed by atoms with Gasteiger partial charge < -0.3 is 10.5 Å². The highest BCUT2D eigenvalue weighted by Crippen LogP contribution is 2.35. The summed E-state index contributed by atoms with van der Waals surface area (Å²) in [5.74, 6) is -0.612. The van der Waals surface area contributed by atoms with Crippen LogP contribution in [0.25, 0.3) is 0 Å². The maximum Gasteiger partial charge on any atom is 0.387 e. The molecule has 0 saturated heterocycles. The van der Waals surface area contributed by atoms with Crippen LogP contribution in [0.4, 0.5) is 14.5 Å². The van der Waals surface area contributed by atoms with Crippen LogP contribution >= 0.6 is 11.6 Å². The maximum absolute atomic E-state index is 12.1. The van der Waals surface area contributed by atoms with Crippen LogP contribution in [0, 0.1) is 0 Å². The van der Waals surface area contributed by atoms with E-state index in [1.807, 2.05) is 0 Å². The number of benzene rings is 1. The summed E-state index contributed by atoms with van der Waals surface area (Å²) in [6.07, 6.45) is 0. The normalized spacial score (nSPS) is 12.6. The fourth-order valence-electron chi connectivity index (χ4n) is 1.22. The third kappa shape index (κ3) is 2.82. The first-order chi connectivity index (χ1) is 7.43. The Hall–Kier alpha value is -1.36. The standard InChI is InChI=1S/C10H10ClF2NO2/c1-5(15)8(11)6-3-2-4-7(14)9(6)16-10(12)13/h2-4,8,10H,14H2,1H3. The monoisotopic (exact) mass is 249 g/mol. The number of hydrogen-bond acceptors (Lipinski definition) is 3. The van der Waals surface area contributed by atoms with Crippen LogP contribution < -0.4 is 10.5 Å². The first-order valence-corrected chi connectivity index (χ1v) is 4.85. The van der Waals surface area contributed by atoms with Crippen LogP contribution in [0.5, 0.6) is 5.75 Å². The lowest BCUT2D eigenvalue weighted by Crippen LogP contribution is -2.10. The Morgan fingerprint density at radius 3 is 2.62 bits per heavy atom. The van der Waals surface area contributed by atoms with Gasteiger partial charge in [0.25, 0.3) is 0 Å². The molecule has 0 aliphatic carbocycles. The van der Waals surface area contributed by atoms with Crippen LogP contribution in [-0.4, -0.2) is 12.4 Å². The first-order valence-electron chi connectivity index (χ1n) is 4.41. The number of anilines is 1. The molecule has 0 fully saturated rings. The second kappa shape index (κ2) is 5.12. The molecule has 0 spiro atoms. The van der Waals surface area contributed by atoms with Crippen LogP contribution in [0.3, 0.4) is 0 Å². The Morgan fingerprint density at radius 2 is 2.12 bits per heavy atom. The fourth-order valence-corrected chi connectivity index (χ4v) is 1.39. The number of nitrogens with two attached hydrogens (primary N) is 1. The smallest absolute Gasteiger partial charge is 0.387 e. The molecule has 6 heteroatoms. The van der Waals surface area contributed by atoms with E-state index in [4.69, 9.17) is 17.3 Å². The molecule has 0 amide bonds. The third-order valence-electron chi connectivity index (χ3n) is 1.91. The van der Waals surface area contributed by atoms with Crippen molar-refractivity contribution < 1.29 is 18.3 Å². The summed E-state index contributed by atoms with van der Waals surface area (Å²) in [5, 5.41) is -1.04. The van der Waals surface area contributed by atoms with Crippen molar-refractivity contribution in [2.24, 2.45) is 0 Å². The quantitative estimate of drug-likeness (QED) is 0.659. The van der Waals surface area contributed by atoms with Gasteiger partial charge in [-0.3, -0.25) is 4.79 Å². The molecule has 0 radical (unpaired) electrons. The molecule has 88 valence electrons. The van der Waals surface area contributed by atoms with Crippen LogP contribution in [0.2, 0.25) is 0 Å². The molecular formula is C10H10ClF2NO2. The zero-order chi connectivity index (χ0) is 12.3. The highest BCUT2D eigenvalue weighted by Gasteiger charge is 2.21. The summed E-state index contributed by atoms with van der Waals surface area (Å²) < 4.78 is 28.5. The van der Waals surface area contributed by atoms with Crippen molar-refractivity contribution in [2.45, 2.75) is 18.9 Å². The first kappa shape index (κ1) is 12.7. The predicted molar refractivity (Wildman–Crippen MR) is 56.8 cm³/mol. The molecule has 1 atom stereocenters. The van der Waals surface area contributed by atoms with E-state index in [9.17, 15) is 13.6 Å². The lowest BCUT2D eigenvalue weighted by molar-refractivity contribution is -0.116. The maximum atomic E-state index is 12.1. The van der Waals surface area contributed by atoms with Crippen LogP contribution in [0.1, 0.15) is 17.9 Å². The predicted octanol–water partition coefficient (Wildman–Crippen LogP) is 2.74. The van der Waals surface area contributed by atoms with E-state index in [0.29, 0.717) is 0 Å². The van der Waals surface area contributed by atoms with Gasteiger partial charge in [-0.25, -0.2) is 0 Å². The molecule has 16 heavy (non-hydrogen) atoms. The SMILES string of the molecule is CC(=O)C(Cl)c1cccc(N)c1OC(F)F. The molecule has 3 nitrogen and oxygen atoms in total. The van der Waals surface area contributed by atoms with Gasteiger partial charge in [0, 0.05) is 5.56 Å². The summed E-state index contributed by atoms with van der Waals surface area (Å²) in [7, 11) is 0. The Bertz CT molecular complexity index is 398. The molecule has 1 unspecified atom stereocenters. The van der Waals surface area contributed by atoms with E-state index in [-0.39, 0.29) is 22.8 Å². The number of para-hydroxylation sites is 1. The van der Waals surface area contributed by atoms with Crippen molar-refractivity contribution in [2.75, 3.05) is 5.73 Å². The van der Waals surface area contributed by atoms with E-state index in [1.54, 1.807) is 0 Å². The summed E-state index contributed by atoms with van der Waals surface area (Å²) >= 11 is 5.77. The van der Waals surface area contributed by atoms with Gasteiger partial charge in [0.05, 0.1) is 5.69 Å². The second-order valence-electron chi connectivity index (χ2n) is 3.12. The molecule has 0 saturated carbocycles. The van der Waals surface area contributed by atoms with Crippen molar-refractivity contribution in [3.63, 3.8) is 0 Å². The van der Waals surface area contributed by atoms with Crippen LogP contribution in [0.15, 0.2) is 18.2 Å². The Kier molecular flexibility index (Phi) is 4.06. The lowest BCUT2D eigenvalue weighted by atomic mass is 10.1. The van der Waals surface area contributed by atoms with Crippen molar-refractivity contribution in [1.82, 2.24) is 0 Å². The van der Waals surface area contributed by atoms with Gasteiger partial charge in [-0.2, -0.15) is 8.78 Å². The molecule has 1 rings (SSSR count). The number of halogens is 3. The average Bonchev–Trinajstić information content (AvgIpc) is 2.19. The van der Waals surface area contributed by atoms with E-state index in [1.165, 1.54) is 25.1 Å². The largest absolute Gasteiger partial charge is 0.432 e. The summed E-state index contributed by atoms with van der Waals surface area (Å²) in [6.45, 7) is -1.76. The summed E-state index contributed by atoms with van der Waals surface area (Å²) in [4.78, 5) is 11.1. The number of ether oxygens (including phenoxy) is 1. The number of alkyl halides is 3. The Morgan fingerprint density at radius 1 is 1.50 bits per heavy atom. The molecule has 2 N–H and O–H groups in total. The zero-order valence-corrected chi connectivity index (χ0v) is 9.17. The van der Waals surface area contributed by atoms with E-state index in [2.05, 4.69) is 4.74 Å². The molecule has 0 aliphatic heterocycles. The fraction of sp³-hybridized carbons (Fsp3) is 0.300. The van der Waals surface area contributed by atoms with Crippen molar-refractivity contribution in [3.8, 4) is 5.75 Å². The number of Topliss-reactive ketones (excluding diaryl/α,β-unsaturated/α-hetero) is 1. The molecule has 0 heterocycles. The molecule has 0 aliphatic rings. The van der Waals surface area contributed by atoms with E-state index in [0.717, 1.165) is 0 Å². The molecule has 1 aromatic rings. The molecule has 1 aromatic carbocycles. The number of carbonyl (C=O) groups is 1. The van der Waals surface area contributed by atoms with Gasteiger partial charge in [0.2, 0.25) is 0 Å². The Balaban J connectivity index is 3.17. The highest BCUT2D eigenvalue weighted by atomic mass is 35.5. The third-order valence-corrected chi connectivity index (χ3v) is 2.46. The Labute approximate surface area is 96.1 Å². The van der Waals surface area contributed by atoms with Gasteiger partial charge >= 0.3 is 6.61 Å². The lowest BCUT2D eigenvalue weighted by Gasteiger charge is -2.15. The van der Waals surface area contributed by atoms with Gasteiger partial charge in [-0.1, -0.05) is 12.1 Å². The van der Waals surface area contributed by atoms with Gasteiger partial charge in [-0.05, 0) is 13.0 Å².